The minimum atomic E-state index is -0.514. The van der Waals surface area contributed by atoms with Crippen LogP contribution < -0.4 is 16.1 Å². The number of hydrogen-bond acceptors (Lipinski definition) is 5. The third kappa shape index (κ3) is 8.46. The third-order valence-corrected chi connectivity index (χ3v) is 6.92. The van der Waals surface area contributed by atoms with Crippen LogP contribution in [-0.4, -0.2) is 67.2 Å². The Morgan fingerprint density at radius 1 is 1.00 bits per heavy atom. The summed E-state index contributed by atoms with van der Waals surface area (Å²) in [5.41, 5.74) is -0.637. The molecule has 2 heterocycles. The molecule has 0 bridgehead atoms. The highest BCUT2D eigenvalue weighted by molar-refractivity contribution is 5.99. The van der Waals surface area contributed by atoms with E-state index >= 15 is 0 Å². The topological polar surface area (TPSA) is 92.7 Å². The molecule has 8 nitrogen and oxygen atoms in total. The van der Waals surface area contributed by atoms with Crippen molar-refractivity contribution in [3.63, 3.8) is 0 Å². The van der Waals surface area contributed by atoms with Crippen molar-refractivity contribution in [3.8, 4) is 0 Å². The molecule has 35 heavy (non-hydrogen) atoms. The molecule has 0 aromatic carbocycles. The predicted molar refractivity (Wildman–Crippen MR) is 138 cm³/mol. The van der Waals surface area contributed by atoms with Crippen molar-refractivity contribution in [2.45, 2.75) is 90.3 Å². The van der Waals surface area contributed by atoms with Gasteiger partial charge in [0.25, 0.3) is 11.8 Å². The number of hydrogen-bond donors (Lipinski definition) is 2. The average Bonchev–Trinajstić information content (AvgIpc) is 3.27. The number of aromatic nitrogens is 1. The molecular formula is C27H44N4O4. The van der Waals surface area contributed by atoms with Crippen LogP contribution in [0.2, 0.25) is 0 Å². The van der Waals surface area contributed by atoms with E-state index in [4.69, 9.17) is 4.74 Å². The van der Waals surface area contributed by atoms with Crippen LogP contribution in [0.1, 0.15) is 92.4 Å². The highest BCUT2D eigenvalue weighted by Crippen LogP contribution is 2.18. The summed E-state index contributed by atoms with van der Waals surface area (Å²) < 4.78 is 7.54. The molecule has 1 atom stereocenters. The highest BCUT2D eigenvalue weighted by atomic mass is 16.5. The number of nitrogens with one attached hydrogen (secondary N) is 2. The minimum Gasteiger partial charge on any atom is -0.376 e. The molecule has 1 aromatic rings. The predicted octanol–water partition coefficient (Wildman–Crippen LogP) is 3.19. The molecule has 196 valence electrons. The second-order valence-corrected chi connectivity index (χ2v) is 11.3. The summed E-state index contributed by atoms with van der Waals surface area (Å²) in [6.07, 6.45) is 12.7. The zero-order chi connectivity index (χ0) is 25.4. The largest absolute Gasteiger partial charge is 0.376 e. The Kier molecular flexibility index (Phi) is 9.92. The van der Waals surface area contributed by atoms with E-state index in [9.17, 15) is 14.4 Å². The zero-order valence-corrected chi connectivity index (χ0v) is 22.0. The Morgan fingerprint density at radius 3 is 2.23 bits per heavy atom. The number of rotatable bonds is 9. The summed E-state index contributed by atoms with van der Waals surface area (Å²) in [6, 6.07) is 0.0677. The molecular weight excluding hydrogens is 444 g/mol. The Balaban J connectivity index is 1.82. The van der Waals surface area contributed by atoms with Gasteiger partial charge < -0.3 is 24.8 Å². The summed E-state index contributed by atoms with van der Waals surface area (Å²) in [5.74, 6) is -0.826. The van der Waals surface area contributed by atoms with E-state index < -0.39 is 11.3 Å². The molecule has 2 aliphatic rings. The van der Waals surface area contributed by atoms with Gasteiger partial charge in [-0.3, -0.25) is 14.4 Å². The van der Waals surface area contributed by atoms with Gasteiger partial charge in [0.2, 0.25) is 5.43 Å². The van der Waals surface area contributed by atoms with E-state index in [1.54, 1.807) is 17.0 Å². The molecule has 0 spiro atoms. The van der Waals surface area contributed by atoms with E-state index in [1.165, 1.54) is 19.3 Å². The van der Waals surface area contributed by atoms with Gasteiger partial charge in [-0.25, -0.2) is 0 Å². The van der Waals surface area contributed by atoms with Crippen LogP contribution in [0.5, 0.6) is 0 Å². The lowest BCUT2D eigenvalue weighted by Crippen LogP contribution is -2.43. The van der Waals surface area contributed by atoms with E-state index in [0.29, 0.717) is 19.7 Å². The number of nitrogens with zero attached hydrogens (tertiary/aromatic N) is 2. The van der Waals surface area contributed by atoms with Crippen molar-refractivity contribution in [2.24, 2.45) is 5.41 Å². The van der Waals surface area contributed by atoms with E-state index in [0.717, 1.165) is 45.1 Å². The number of ether oxygens (including phenoxy) is 1. The summed E-state index contributed by atoms with van der Waals surface area (Å²) >= 11 is 0. The number of amides is 2. The molecule has 0 radical (unpaired) electrons. The Hall–Kier alpha value is -2.19. The maximum absolute atomic E-state index is 13.3. The SMILES string of the molecule is CN(C)CC(C)(C)CNC(=O)c1cn(C[C@H]2CCCO2)cc(C(=O)NC2CCCCCCC2)c1=O. The molecule has 0 unspecified atom stereocenters. The van der Waals surface area contributed by atoms with Crippen LogP contribution in [0.15, 0.2) is 17.2 Å². The summed E-state index contributed by atoms with van der Waals surface area (Å²) in [6.45, 7) is 6.59. The lowest BCUT2D eigenvalue weighted by Gasteiger charge is -2.28. The first kappa shape index (κ1) is 27.4. The first-order valence-corrected chi connectivity index (χ1v) is 13.2. The van der Waals surface area contributed by atoms with E-state index in [-0.39, 0.29) is 34.6 Å². The van der Waals surface area contributed by atoms with Crippen molar-refractivity contribution in [3.05, 3.63) is 33.7 Å². The van der Waals surface area contributed by atoms with Gasteiger partial charge in [0.05, 0.1) is 6.10 Å². The molecule has 2 N–H and O–H groups in total. The van der Waals surface area contributed by atoms with Crippen LogP contribution in [0, 0.1) is 5.41 Å². The summed E-state index contributed by atoms with van der Waals surface area (Å²) in [5, 5.41) is 6.02. The highest BCUT2D eigenvalue weighted by Gasteiger charge is 2.25. The molecule has 8 heteroatoms. The van der Waals surface area contributed by atoms with E-state index in [2.05, 4.69) is 29.4 Å². The van der Waals surface area contributed by atoms with Crippen molar-refractivity contribution in [1.29, 1.82) is 0 Å². The fraction of sp³-hybridized carbons (Fsp3) is 0.741. The van der Waals surface area contributed by atoms with Gasteiger partial charge >= 0.3 is 0 Å². The van der Waals surface area contributed by atoms with Crippen molar-refractivity contribution < 1.29 is 14.3 Å². The molecule has 1 saturated heterocycles. The van der Waals surface area contributed by atoms with Gasteiger partial charge in [-0.1, -0.05) is 46.0 Å². The standard InChI is InChI=1S/C27H44N4O4/c1-27(2,19-30(3)4)18-28-25(33)22-16-31(15-21-13-10-14-35-21)17-23(24(22)32)26(34)29-20-11-8-6-5-7-9-12-20/h16-17,20-21H,5-15,18-19H2,1-4H3,(H,28,33)(H,29,34)/t21-/m1/s1. The maximum Gasteiger partial charge on any atom is 0.256 e. The first-order valence-electron chi connectivity index (χ1n) is 13.2. The lowest BCUT2D eigenvalue weighted by atomic mass is 9.93. The van der Waals surface area contributed by atoms with Gasteiger partial charge in [0, 0.05) is 44.7 Å². The smallest absolute Gasteiger partial charge is 0.256 e. The van der Waals surface area contributed by atoms with Gasteiger partial charge in [-0.05, 0) is 45.2 Å². The number of carbonyl (C=O) groups excluding carboxylic acids is 2. The van der Waals surface area contributed by atoms with Gasteiger partial charge in [0.15, 0.2) is 0 Å². The normalized spacial score (nSPS) is 19.9. The molecule has 1 aromatic heterocycles. The second-order valence-electron chi connectivity index (χ2n) is 11.3. The minimum absolute atomic E-state index is 0.00830. The van der Waals surface area contributed by atoms with Crippen molar-refractivity contribution in [2.75, 3.05) is 33.8 Å². The van der Waals surface area contributed by atoms with Gasteiger partial charge in [0.1, 0.15) is 11.1 Å². The van der Waals surface area contributed by atoms with Gasteiger partial charge in [-0.15, -0.1) is 0 Å². The second kappa shape index (κ2) is 12.7. The van der Waals surface area contributed by atoms with Crippen molar-refractivity contribution in [1.82, 2.24) is 20.1 Å². The number of pyridine rings is 1. The molecule has 2 amide bonds. The zero-order valence-electron chi connectivity index (χ0n) is 22.0. The molecule has 1 aliphatic heterocycles. The molecule has 1 aliphatic carbocycles. The fourth-order valence-electron chi connectivity index (χ4n) is 5.27. The van der Waals surface area contributed by atoms with Crippen LogP contribution in [-0.2, 0) is 11.3 Å². The van der Waals surface area contributed by atoms with Crippen LogP contribution in [0.25, 0.3) is 0 Å². The first-order chi connectivity index (χ1) is 16.6. The average molecular weight is 489 g/mol. The van der Waals surface area contributed by atoms with Crippen LogP contribution in [0.3, 0.4) is 0 Å². The van der Waals surface area contributed by atoms with Crippen LogP contribution >= 0.6 is 0 Å². The molecule has 2 fully saturated rings. The summed E-state index contributed by atoms with van der Waals surface area (Å²) in [4.78, 5) is 41.8. The Bertz CT molecular complexity index is 910. The third-order valence-electron chi connectivity index (χ3n) is 6.92. The van der Waals surface area contributed by atoms with E-state index in [1.807, 2.05) is 14.1 Å². The number of carbonyl (C=O) groups is 2. The molecule has 1 saturated carbocycles. The fourth-order valence-corrected chi connectivity index (χ4v) is 5.27. The van der Waals surface area contributed by atoms with Crippen LogP contribution in [0.4, 0.5) is 0 Å². The van der Waals surface area contributed by atoms with Gasteiger partial charge in [-0.2, -0.15) is 0 Å². The van der Waals surface area contributed by atoms with Crippen molar-refractivity contribution >= 4 is 11.8 Å². The Morgan fingerprint density at radius 2 is 1.63 bits per heavy atom. The Labute approximate surface area is 209 Å². The quantitative estimate of drug-likeness (QED) is 0.557. The maximum atomic E-state index is 13.3. The molecule has 3 rings (SSSR count). The lowest BCUT2D eigenvalue weighted by molar-refractivity contribution is 0.0908. The monoisotopic (exact) mass is 488 g/mol. The summed E-state index contributed by atoms with van der Waals surface area (Å²) in [7, 11) is 3.98.